The molecule has 1 aromatic carbocycles. The van der Waals surface area contributed by atoms with Crippen molar-refractivity contribution >= 4 is 11.8 Å². The average Bonchev–Trinajstić information content (AvgIpc) is 2.84. The molecule has 0 saturated carbocycles. The second kappa shape index (κ2) is 5.65. The maximum atomic E-state index is 5.26. The van der Waals surface area contributed by atoms with Crippen molar-refractivity contribution in [2.75, 3.05) is 7.11 Å². The number of benzene rings is 1. The van der Waals surface area contributed by atoms with E-state index >= 15 is 0 Å². The average molecular weight is 278 g/mol. The summed E-state index contributed by atoms with van der Waals surface area (Å²) in [4.78, 5) is 4.40. The molecule has 0 unspecified atom stereocenters. The Morgan fingerprint density at radius 2 is 1.89 bits per heavy atom. The molecule has 0 N–H and O–H groups in total. The maximum Gasteiger partial charge on any atom is 0.236 e. The van der Waals surface area contributed by atoms with Crippen molar-refractivity contribution in [3.63, 3.8) is 0 Å². The smallest absolute Gasteiger partial charge is 0.236 e. The monoisotopic (exact) mass is 278 g/mol. The summed E-state index contributed by atoms with van der Waals surface area (Å²) in [6.45, 7) is 6.50. The molecule has 1 aromatic heterocycles. The van der Waals surface area contributed by atoms with Crippen molar-refractivity contribution in [3.05, 3.63) is 30.2 Å². The van der Waals surface area contributed by atoms with Gasteiger partial charge in [-0.15, -0.1) is 11.8 Å². The Bertz CT molecular complexity index is 529. The van der Waals surface area contributed by atoms with Crippen LogP contribution in [0.5, 0.6) is 5.75 Å². The van der Waals surface area contributed by atoms with Crippen LogP contribution in [-0.4, -0.2) is 22.0 Å². The Labute approximate surface area is 117 Å². The summed E-state index contributed by atoms with van der Waals surface area (Å²) in [5, 5.41) is 4.00. The molecule has 0 aliphatic heterocycles. The Morgan fingerprint density at radius 3 is 2.47 bits per heavy atom. The third-order valence-electron chi connectivity index (χ3n) is 2.44. The van der Waals surface area contributed by atoms with Crippen LogP contribution in [0, 0.1) is 0 Å². The zero-order chi connectivity index (χ0) is 13.9. The quantitative estimate of drug-likeness (QED) is 0.851. The molecule has 0 atom stereocenters. The fourth-order valence-corrected chi connectivity index (χ4v) is 2.12. The van der Waals surface area contributed by atoms with Crippen LogP contribution in [0.4, 0.5) is 0 Å². The summed E-state index contributed by atoms with van der Waals surface area (Å²) in [5.41, 5.74) is 0.927. The molecule has 0 spiro atoms. The second-order valence-corrected chi connectivity index (χ2v) is 6.94. The van der Waals surface area contributed by atoms with Crippen LogP contribution in [0.3, 0.4) is 0 Å². The van der Waals surface area contributed by atoms with E-state index < -0.39 is 0 Å². The first kappa shape index (κ1) is 13.9. The van der Waals surface area contributed by atoms with Gasteiger partial charge in [-0.1, -0.05) is 25.9 Å². The Hall–Kier alpha value is -1.49. The minimum atomic E-state index is 0.189. The first-order valence-electron chi connectivity index (χ1n) is 6.09. The van der Waals surface area contributed by atoms with Gasteiger partial charge in [0.15, 0.2) is 0 Å². The van der Waals surface area contributed by atoms with Gasteiger partial charge in [0.25, 0.3) is 0 Å². The van der Waals surface area contributed by atoms with Gasteiger partial charge in [0.2, 0.25) is 11.7 Å². The molecule has 2 aromatic rings. The van der Waals surface area contributed by atoms with Crippen LogP contribution in [0.15, 0.2) is 28.8 Å². The molecular weight excluding hydrogens is 260 g/mol. The van der Waals surface area contributed by atoms with Crippen LogP contribution >= 0.6 is 11.8 Å². The second-order valence-electron chi connectivity index (χ2n) is 5.14. The molecular formula is C14H18N2O2S. The summed E-state index contributed by atoms with van der Waals surface area (Å²) in [7, 11) is 1.64. The fraction of sp³-hybridized carbons (Fsp3) is 0.429. The Balaban J connectivity index is 2.07. The zero-order valence-electron chi connectivity index (χ0n) is 11.6. The third kappa shape index (κ3) is 3.99. The van der Waals surface area contributed by atoms with Gasteiger partial charge < -0.3 is 9.26 Å². The fourth-order valence-electron chi connectivity index (χ4n) is 1.45. The highest BCUT2D eigenvalue weighted by Gasteiger charge is 2.14. The number of ether oxygens (including phenoxy) is 1. The lowest BCUT2D eigenvalue weighted by molar-refractivity contribution is 0.391. The molecule has 0 bridgehead atoms. The largest absolute Gasteiger partial charge is 0.497 e. The van der Waals surface area contributed by atoms with E-state index in [0.717, 1.165) is 17.1 Å². The van der Waals surface area contributed by atoms with E-state index in [4.69, 9.17) is 9.26 Å². The molecule has 0 amide bonds. The third-order valence-corrected chi connectivity index (χ3v) is 3.70. The Kier molecular flexibility index (Phi) is 4.14. The number of hydrogen-bond acceptors (Lipinski definition) is 5. The van der Waals surface area contributed by atoms with E-state index in [1.54, 1.807) is 18.9 Å². The number of aromatic nitrogens is 2. The number of methoxy groups -OCH3 is 1. The number of nitrogens with zero attached hydrogens (tertiary/aromatic N) is 2. The van der Waals surface area contributed by atoms with Gasteiger partial charge >= 0.3 is 0 Å². The standard InChI is InChI=1S/C14H18N2O2S/c1-14(2,3)19-9-12-15-13(16-18-12)10-5-7-11(17-4)8-6-10/h5-8H,9H2,1-4H3. The Morgan fingerprint density at radius 1 is 1.21 bits per heavy atom. The van der Waals surface area contributed by atoms with E-state index in [-0.39, 0.29) is 4.75 Å². The first-order chi connectivity index (χ1) is 8.98. The van der Waals surface area contributed by atoms with Crippen LogP contribution in [0.1, 0.15) is 26.7 Å². The van der Waals surface area contributed by atoms with Gasteiger partial charge in [0.1, 0.15) is 5.75 Å². The van der Waals surface area contributed by atoms with Gasteiger partial charge in [-0.2, -0.15) is 4.98 Å². The van der Waals surface area contributed by atoms with Crippen molar-refractivity contribution < 1.29 is 9.26 Å². The topological polar surface area (TPSA) is 48.2 Å². The van der Waals surface area contributed by atoms with Crippen LogP contribution in [0.25, 0.3) is 11.4 Å². The highest BCUT2D eigenvalue weighted by Crippen LogP contribution is 2.27. The van der Waals surface area contributed by atoms with E-state index in [9.17, 15) is 0 Å². The molecule has 0 aliphatic rings. The molecule has 0 radical (unpaired) electrons. The predicted octanol–water partition coefficient (Wildman–Crippen LogP) is 3.78. The summed E-state index contributed by atoms with van der Waals surface area (Å²) in [6, 6.07) is 7.61. The molecule has 0 fully saturated rings. The van der Waals surface area contributed by atoms with Crippen LogP contribution in [-0.2, 0) is 5.75 Å². The summed E-state index contributed by atoms with van der Waals surface area (Å²) in [5.74, 6) is 2.82. The lowest BCUT2D eigenvalue weighted by atomic mass is 10.2. The van der Waals surface area contributed by atoms with E-state index in [1.807, 2.05) is 24.3 Å². The molecule has 0 saturated heterocycles. The predicted molar refractivity (Wildman–Crippen MR) is 77.3 cm³/mol. The lowest BCUT2D eigenvalue weighted by Crippen LogP contribution is -2.07. The summed E-state index contributed by atoms with van der Waals surface area (Å²) >= 11 is 1.79. The van der Waals surface area contributed by atoms with Gasteiger partial charge in [0.05, 0.1) is 12.9 Å². The van der Waals surface area contributed by atoms with Crippen LogP contribution < -0.4 is 4.74 Å². The van der Waals surface area contributed by atoms with Crippen molar-refractivity contribution in [2.24, 2.45) is 0 Å². The van der Waals surface area contributed by atoms with Crippen molar-refractivity contribution in [2.45, 2.75) is 31.3 Å². The first-order valence-corrected chi connectivity index (χ1v) is 7.07. The van der Waals surface area contributed by atoms with Crippen molar-refractivity contribution in [1.29, 1.82) is 0 Å². The molecule has 19 heavy (non-hydrogen) atoms. The molecule has 2 rings (SSSR count). The van der Waals surface area contributed by atoms with Crippen molar-refractivity contribution in [1.82, 2.24) is 10.1 Å². The highest BCUT2D eigenvalue weighted by molar-refractivity contribution is 7.99. The molecule has 4 nitrogen and oxygen atoms in total. The van der Waals surface area contributed by atoms with Gasteiger partial charge in [-0.25, -0.2) is 0 Å². The van der Waals surface area contributed by atoms with E-state index in [1.165, 1.54) is 0 Å². The minimum Gasteiger partial charge on any atom is -0.497 e. The molecule has 102 valence electrons. The maximum absolute atomic E-state index is 5.26. The molecule has 5 heteroatoms. The molecule has 1 heterocycles. The summed E-state index contributed by atoms with van der Waals surface area (Å²) < 4.78 is 10.6. The molecule has 0 aliphatic carbocycles. The van der Waals surface area contributed by atoms with Crippen LogP contribution in [0.2, 0.25) is 0 Å². The highest BCUT2D eigenvalue weighted by atomic mass is 32.2. The number of thioether (sulfide) groups is 1. The lowest BCUT2D eigenvalue weighted by Gasteiger charge is -2.15. The number of rotatable bonds is 4. The van der Waals surface area contributed by atoms with Crippen molar-refractivity contribution in [3.8, 4) is 17.1 Å². The normalized spacial score (nSPS) is 11.6. The van der Waals surface area contributed by atoms with Gasteiger partial charge in [0, 0.05) is 10.3 Å². The van der Waals surface area contributed by atoms with Gasteiger partial charge in [-0.05, 0) is 24.3 Å². The zero-order valence-corrected chi connectivity index (χ0v) is 12.5. The van der Waals surface area contributed by atoms with E-state index in [2.05, 4.69) is 30.9 Å². The SMILES string of the molecule is COc1ccc(-c2noc(CSC(C)(C)C)n2)cc1. The summed E-state index contributed by atoms with van der Waals surface area (Å²) in [6.07, 6.45) is 0. The minimum absolute atomic E-state index is 0.189. The van der Waals surface area contributed by atoms with Gasteiger partial charge in [-0.3, -0.25) is 0 Å². The van der Waals surface area contributed by atoms with E-state index in [0.29, 0.717) is 11.7 Å². The number of hydrogen-bond donors (Lipinski definition) is 0.